The van der Waals surface area contributed by atoms with Crippen molar-refractivity contribution in [2.45, 2.75) is 142 Å². The smallest absolute Gasteiger partial charge is 0.410 e. The summed E-state index contributed by atoms with van der Waals surface area (Å²) in [6, 6.07) is -0.446. The van der Waals surface area contributed by atoms with Gasteiger partial charge in [-0.25, -0.2) is 4.79 Å². The van der Waals surface area contributed by atoms with Gasteiger partial charge in [0.2, 0.25) is 0 Å². The number of carbonyl (C=O) groups is 3. The lowest BCUT2D eigenvalue weighted by Crippen LogP contribution is -2.60. The van der Waals surface area contributed by atoms with Gasteiger partial charge in [-0.1, -0.05) is 38.9 Å². The number of ether oxygens (including phenoxy) is 4. The van der Waals surface area contributed by atoms with Crippen LogP contribution in [0.5, 0.6) is 0 Å². The Balaban J connectivity index is 2.00. The highest BCUT2D eigenvalue weighted by molar-refractivity contribution is 6.00. The summed E-state index contributed by atoms with van der Waals surface area (Å²) in [5.41, 5.74) is 7.48. The normalized spacial score (nSPS) is 39.1. The SMILES string of the molecule is C=CC[C@H]1C[C@@H](C)CN[C@H](C)[C@H]2N(CCCCN=[N+]=[N-])C(=O)O[C@]2(C)C(CC)OC(=O)C(C)C(=O)[C@H](C)[C@H]1O[C@@H]1OC(C)CC(N(C)C)C1C. The zero-order valence-electron chi connectivity index (χ0n) is 32.2. The Labute approximate surface area is 299 Å². The highest BCUT2D eigenvalue weighted by atomic mass is 16.7. The van der Waals surface area contributed by atoms with Crippen LogP contribution in [0.2, 0.25) is 0 Å². The van der Waals surface area contributed by atoms with Crippen molar-refractivity contribution in [3.63, 3.8) is 0 Å². The van der Waals surface area contributed by atoms with E-state index in [4.69, 9.17) is 24.5 Å². The Kier molecular flexibility index (Phi) is 15.6. The summed E-state index contributed by atoms with van der Waals surface area (Å²) >= 11 is 0. The van der Waals surface area contributed by atoms with Gasteiger partial charge in [0, 0.05) is 41.9 Å². The summed E-state index contributed by atoms with van der Waals surface area (Å²) < 4.78 is 25.6. The molecule has 3 aliphatic rings. The van der Waals surface area contributed by atoms with Gasteiger partial charge in [-0.15, -0.1) is 6.58 Å². The molecule has 3 rings (SSSR count). The van der Waals surface area contributed by atoms with Gasteiger partial charge in [0.25, 0.3) is 0 Å². The molecule has 0 aliphatic carbocycles. The Morgan fingerprint density at radius 3 is 2.46 bits per heavy atom. The summed E-state index contributed by atoms with van der Waals surface area (Å²) in [6.45, 7) is 21.0. The summed E-state index contributed by atoms with van der Waals surface area (Å²) in [5.74, 6) is -2.46. The number of Topliss-reactive ketones (excluding diaryl/α,β-unsaturated/α-hetero) is 1. The minimum absolute atomic E-state index is 0.0141. The van der Waals surface area contributed by atoms with E-state index >= 15 is 0 Å². The van der Waals surface area contributed by atoms with E-state index in [0.717, 1.165) is 12.8 Å². The van der Waals surface area contributed by atoms with Crippen molar-refractivity contribution in [1.82, 2.24) is 15.1 Å². The third kappa shape index (κ3) is 9.79. The van der Waals surface area contributed by atoms with E-state index in [1.54, 1.807) is 11.8 Å². The highest BCUT2D eigenvalue weighted by Crippen LogP contribution is 2.40. The standard InChI is InChI=1S/C37H64N6O7/c1-12-16-28-19-22(3)21-39-27(8)33-37(9,50-36(46)43(33)18-15-14-17-40-41-38)30(13-2)48-34(45)26(7)31(44)25(6)32(28)49-35-24(5)29(42(10)11)20-23(4)47-35/h12,22-30,32-33,35,39H,1,13-21H2,2-11H3/t22-,23?,24?,25+,26?,27-,28+,29?,30?,32-,33-,35+,37-/m1/s1. The molecule has 3 saturated heterocycles. The molecule has 3 fully saturated rings. The number of hydrogen-bond donors (Lipinski definition) is 1. The summed E-state index contributed by atoms with van der Waals surface area (Å²) in [4.78, 5) is 48.3. The predicted molar refractivity (Wildman–Crippen MR) is 192 cm³/mol. The van der Waals surface area contributed by atoms with Crippen LogP contribution in [-0.2, 0) is 28.5 Å². The number of cyclic esters (lactones) is 1. The molecule has 0 spiro atoms. The first-order valence-corrected chi connectivity index (χ1v) is 18.7. The Morgan fingerprint density at radius 2 is 1.84 bits per heavy atom. The van der Waals surface area contributed by atoms with Gasteiger partial charge in [-0.05, 0) is 104 Å². The third-order valence-corrected chi connectivity index (χ3v) is 11.3. The van der Waals surface area contributed by atoms with E-state index in [1.807, 2.05) is 33.8 Å². The van der Waals surface area contributed by atoms with Crippen molar-refractivity contribution in [3.05, 3.63) is 23.1 Å². The number of esters is 1. The monoisotopic (exact) mass is 704 g/mol. The Hall–Kier alpha value is -2.70. The number of fused-ring (bicyclic) bond motifs is 1. The molecule has 50 heavy (non-hydrogen) atoms. The number of allylic oxidation sites excluding steroid dienone is 1. The molecule has 0 aromatic carbocycles. The maximum atomic E-state index is 14.3. The second-order valence-electron chi connectivity index (χ2n) is 15.5. The van der Waals surface area contributed by atoms with Crippen molar-refractivity contribution in [2.75, 3.05) is 33.7 Å². The van der Waals surface area contributed by atoms with Gasteiger partial charge in [0.1, 0.15) is 12.0 Å². The molecule has 0 aromatic rings. The van der Waals surface area contributed by atoms with E-state index in [0.29, 0.717) is 45.3 Å². The maximum absolute atomic E-state index is 14.3. The molecule has 284 valence electrons. The zero-order chi connectivity index (χ0) is 37.3. The number of hydrogen-bond acceptors (Lipinski definition) is 10. The van der Waals surface area contributed by atoms with Crippen molar-refractivity contribution < 1.29 is 33.3 Å². The Morgan fingerprint density at radius 1 is 1.14 bits per heavy atom. The van der Waals surface area contributed by atoms with Crippen LogP contribution < -0.4 is 5.32 Å². The second-order valence-corrected chi connectivity index (χ2v) is 15.5. The van der Waals surface area contributed by atoms with Gasteiger partial charge in [0.15, 0.2) is 17.7 Å². The molecule has 1 N–H and O–H groups in total. The lowest BCUT2D eigenvalue weighted by atomic mass is 9.79. The van der Waals surface area contributed by atoms with Crippen molar-refractivity contribution in [1.29, 1.82) is 0 Å². The fourth-order valence-corrected chi connectivity index (χ4v) is 8.46. The van der Waals surface area contributed by atoms with Crippen molar-refractivity contribution >= 4 is 17.8 Å². The molecule has 0 saturated carbocycles. The van der Waals surface area contributed by atoms with Crippen LogP contribution in [-0.4, -0.2) is 110 Å². The molecule has 5 unspecified atom stereocenters. The first kappa shape index (κ1) is 41.7. The number of unbranched alkanes of at least 4 members (excludes halogenated alkanes) is 1. The van der Waals surface area contributed by atoms with Crippen LogP contribution in [0.4, 0.5) is 4.79 Å². The summed E-state index contributed by atoms with van der Waals surface area (Å²) in [5, 5.41) is 7.31. The summed E-state index contributed by atoms with van der Waals surface area (Å²) in [6.07, 6.45) is 3.40. The number of azide groups is 1. The number of ketones is 1. The Bertz CT molecular complexity index is 1210. The molecule has 0 radical (unpaired) electrons. The number of nitrogens with one attached hydrogen (secondary N) is 1. The van der Waals surface area contributed by atoms with Crippen LogP contribution in [0.15, 0.2) is 17.8 Å². The number of carbonyl (C=O) groups excluding carboxylic acids is 3. The quantitative estimate of drug-likeness (QED) is 0.0510. The molecule has 3 aliphatic heterocycles. The van der Waals surface area contributed by atoms with Crippen molar-refractivity contribution in [3.8, 4) is 0 Å². The van der Waals surface area contributed by atoms with Crippen LogP contribution >= 0.6 is 0 Å². The fraction of sp³-hybridized carbons (Fsp3) is 0.865. The van der Waals surface area contributed by atoms with Crippen LogP contribution in [0, 0.1) is 29.6 Å². The molecular formula is C37H64N6O7. The molecule has 3 heterocycles. The van der Waals surface area contributed by atoms with Crippen LogP contribution in [0.1, 0.15) is 93.9 Å². The zero-order valence-corrected chi connectivity index (χ0v) is 32.2. The average molecular weight is 705 g/mol. The first-order chi connectivity index (χ1) is 23.6. The minimum Gasteiger partial charge on any atom is -0.458 e. The third-order valence-electron chi connectivity index (χ3n) is 11.3. The van der Waals surface area contributed by atoms with Crippen LogP contribution in [0.3, 0.4) is 0 Å². The topological polar surface area (TPSA) is 155 Å². The number of rotatable bonds is 11. The van der Waals surface area contributed by atoms with E-state index in [2.05, 4.69) is 61.7 Å². The predicted octanol–water partition coefficient (Wildman–Crippen LogP) is 6.12. The van der Waals surface area contributed by atoms with Gasteiger partial charge >= 0.3 is 12.1 Å². The molecule has 0 aromatic heterocycles. The molecule has 13 atom stereocenters. The first-order valence-electron chi connectivity index (χ1n) is 18.7. The number of amides is 1. The van der Waals surface area contributed by atoms with Crippen LogP contribution in [0.25, 0.3) is 10.4 Å². The van der Waals surface area contributed by atoms with Gasteiger partial charge in [-0.2, -0.15) is 0 Å². The van der Waals surface area contributed by atoms with E-state index in [1.165, 1.54) is 0 Å². The lowest BCUT2D eigenvalue weighted by molar-refractivity contribution is -0.260. The van der Waals surface area contributed by atoms with Gasteiger partial charge in [-0.3, -0.25) is 14.5 Å². The molecule has 1 amide bonds. The van der Waals surface area contributed by atoms with Crippen molar-refractivity contribution in [2.24, 2.45) is 34.7 Å². The largest absolute Gasteiger partial charge is 0.458 e. The van der Waals surface area contributed by atoms with Gasteiger partial charge < -0.3 is 29.2 Å². The maximum Gasteiger partial charge on any atom is 0.410 e. The van der Waals surface area contributed by atoms with E-state index < -0.39 is 54.0 Å². The fourth-order valence-electron chi connectivity index (χ4n) is 8.46. The molecule has 13 heteroatoms. The van der Waals surface area contributed by atoms with E-state index in [-0.39, 0.29) is 41.7 Å². The van der Waals surface area contributed by atoms with E-state index in [9.17, 15) is 14.4 Å². The molecule has 13 nitrogen and oxygen atoms in total. The van der Waals surface area contributed by atoms with Gasteiger partial charge in [0.05, 0.1) is 18.2 Å². The average Bonchev–Trinajstić information content (AvgIpc) is 3.33. The highest BCUT2D eigenvalue weighted by Gasteiger charge is 2.58. The molecular weight excluding hydrogens is 640 g/mol. The molecule has 0 bridgehead atoms. The minimum atomic E-state index is -1.18. The second kappa shape index (κ2) is 18.7. The summed E-state index contributed by atoms with van der Waals surface area (Å²) in [7, 11) is 4.14. The lowest BCUT2D eigenvalue weighted by Gasteiger charge is -2.45. The number of nitrogens with zero attached hydrogens (tertiary/aromatic N) is 5.